The van der Waals surface area contributed by atoms with Crippen LogP contribution in [0, 0.1) is 0 Å². The van der Waals surface area contributed by atoms with Crippen molar-refractivity contribution in [3.8, 4) is 0 Å². The first-order valence-electron chi connectivity index (χ1n) is 7.42. The number of aryl methyl sites for hydroxylation is 1. The number of aromatic nitrogens is 4. The Labute approximate surface area is 128 Å². The third-order valence-corrected chi connectivity index (χ3v) is 3.75. The van der Waals surface area contributed by atoms with Crippen LogP contribution in [0.4, 0.5) is 0 Å². The quantitative estimate of drug-likeness (QED) is 0.805. The van der Waals surface area contributed by atoms with E-state index >= 15 is 0 Å². The first-order chi connectivity index (χ1) is 10.8. The van der Waals surface area contributed by atoms with Crippen LogP contribution in [0.25, 0.3) is 0 Å². The van der Waals surface area contributed by atoms with Crippen molar-refractivity contribution >= 4 is 5.91 Å². The van der Waals surface area contributed by atoms with Gasteiger partial charge in [0.1, 0.15) is 6.54 Å². The number of hydrogen-bond acceptors (Lipinski definition) is 5. The number of carbonyl (C=O) groups is 1. The minimum Gasteiger partial charge on any atom is -0.377 e. The van der Waals surface area contributed by atoms with Crippen molar-refractivity contribution in [3.05, 3.63) is 42.7 Å². The van der Waals surface area contributed by atoms with Gasteiger partial charge >= 0.3 is 0 Å². The number of nitrogens with zero attached hydrogens (tertiary/aromatic N) is 5. The molecule has 116 valence electrons. The van der Waals surface area contributed by atoms with Gasteiger partial charge in [-0.2, -0.15) is 5.10 Å². The lowest BCUT2D eigenvalue weighted by Gasteiger charge is -2.35. The Morgan fingerprint density at radius 3 is 3.09 bits per heavy atom. The fraction of sp³-hybridized carbons (Fsp3) is 0.467. The lowest BCUT2D eigenvalue weighted by Crippen LogP contribution is -2.50. The summed E-state index contributed by atoms with van der Waals surface area (Å²) in [5.74, 6) is 0.0798. The predicted octanol–water partition coefficient (Wildman–Crippen LogP) is 0.533. The summed E-state index contributed by atoms with van der Waals surface area (Å²) in [7, 11) is 0. The molecule has 2 aromatic heterocycles. The van der Waals surface area contributed by atoms with Crippen molar-refractivity contribution in [1.29, 1.82) is 0 Å². The highest BCUT2D eigenvalue weighted by atomic mass is 16.5. The number of carbonyl (C=O) groups excluding carboxylic acids is 1. The van der Waals surface area contributed by atoms with Gasteiger partial charge in [-0.05, 0) is 18.9 Å². The molecule has 1 aliphatic rings. The molecule has 0 saturated carbocycles. The Morgan fingerprint density at radius 1 is 1.36 bits per heavy atom. The minimum atomic E-state index is 0.0798. The number of hydrogen-bond donors (Lipinski definition) is 0. The molecule has 0 radical (unpaired) electrons. The molecular formula is C15H19N5O2. The number of rotatable bonds is 5. The van der Waals surface area contributed by atoms with Crippen molar-refractivity contribution in [2.45, 2.75) is 25.4 Å². The molecule has 22 heavy (non-hydrogen) atoms. The molecule has 3 heterocycles. The highest BCUT2D eigenvalue weighted by molar-refractivity contribution is 5.76. The number of ether oxygens (including phenoxy) is 1. The molecule has 0 aliphatic carbocycles. The van der Waals surface area contributed by atoms with Gasteiger partial charge in [0.2, 0.25) is 5.91 Å². The van der Waals surface area contributed by atoms with Gasteiger partial charge in [-0.15, -0.1) is 0 Å². The van der Waals surface area contributed by atoms with Gasteiger partial charge in [0, 0.05) is 37.5 Å². The van der Waals surface area contributed by atoms with E-state index in [0.717, 1.165) is 18.5 Å². The Balaban J connectivity index is 1.59. The summed E-state index contributed by atoms with van der Waals surface area (Å²) >= 11 is 0. The maximum atomic E-state index is 12.5. The smallest absolute Gasteiger partial charge is 0.244 e. The normalized spacial score (nSPS) is 18.4. The van der Waals surface area contributed by atoms with Gasteiger partial charge in [-0.1, -0.05) is 0 Å². The molecule has 1 amide bonds. The van der Waals surface area contributed by atoms with Crippen LogP contribution >= 0.6 is 0 Å². The fourth-order valence-corrected chi connectivity index (χ4v) is 2.62. The topological polar surface area (TPSA) is 73.1 Å². The summed E-state index contributed by atoms with van der Waals surface area (Å²) in [6.07, 6.45) is 10.2. The fourth-order valence-electron chi connectivity index (χ4n) is 2.62. The molecule has 0 aromatic carbocycles. The molecule has 0 bridgehead atoms. The van der Waals surface area contributed by atoms with E-state index in [0.29, 0.717) is 19.8 Å². The van der Waals surface area contributed by atoms with E-state index in [2.05, 4.69) is 15.1 Å². The zero-order valence-corrected chi connectivity index (χ0v) is 12.3. The van der Waals surface area contributed by atoms with Crippen LogP contribution in [0.2, 0.25) is 0 Å². The zero-order valence-electron chi connectivity index (χ0n) is 12.3. The molecule has 1 fully saturated rings. The summed E-state index contributed by atoms with van der Waals surface area (Å²) in [6.45, 7) is 2.07. The van der Waals surface area contributed by atoms with Crippen LogP contribution in [-0.4, -0.2) is 56.4 Å². The second-order valence-electron chi connectivity index (χ2n) is 5.25. The average Bonchev–Trinajstić information content (AvgIpc) is 3.07. The van der Waals surface area contributed by atoms with Crippen molar-refractivity contribution in [2.75, 3.05) is 19.8 Å². The predicted molar refractivity (Wildman–Crippen MR) is 78.9 cm³/mol. The molecule has 7 heteroatoms. The van der Waals surface area contributed by atoms with Crippen LogP contribution in [0.5, 0.6) is 0 Å². The minimum absolute atomic E-state index is 0.0798. The summed E-state index contributed by atoms with van der Waals surface area (Å²) < 4.78 is 7.18. The molecule has 3 rings (SSSR count). The SMILES string of the molecule is O=C(Cn1cccn1)N1CCOC[C@@H]1CCc1cnccn1. The van der Waals surface area contributed by atoms with E-state index in [1.807, 2.05) is 11.0 Å². The Kier molecular flexibility index (Phi) is 4.75. The monoisotopic (exact) mass is 301 g/mol. The Hall–Kier alpha value is -2.28. The molecule has 0 N–H and O–H groups in total. The third kappa shape index (κ3) is 3.67. The maximum absolute atomic E-state index is 12.5. The molecule has 2 aromatic rings. The Bertz CT molecular complexity index is 587. The third-order valence-electron chi connectivity index (χ3n) is 3.75. The first kappa shape index (κ1) is 14.6. The average molecular weight is 301 g/mol. The van der Waals surface area contributed by atoms with Crippen LogP contribution in [-0.2, 0) is 22.5 Å². The van der Waals surface area contributed by atoms with Crippen molar-refractivity contribution in [1.82, 2.24) is 24.6 Å². The second-order valence-corrected chi connectivity index (χ2v) is 5.25. The van der Waals surface area contributed by atoms with Crippen LogP contribution in [0.3, 0.4) is 0 Å². The van der Waals surface area contributed by atoms with E-state index in [1.54, 1.807) is 35.7 Å². The molecule has 0 spiro atoms. The molecule has 7 nitrogen and oxygen atoms in total. The highest BCUT2D eigenvalue weighted by Gasteiger charge is 2.27. The van der Waals surface area contributed by atoms with Gasteiger partial charge in [0.25, 0.3) is 0 Å². The van der Waals surface area contributed by atoms with Crippen LogP contribution in [0.15, 0.2) is 37.1 Å². The Morgan fingerprint density at radius 2 is 2.32 bits per heavy atom. The second kappa shape index (κ2) is 7.13. The van der Waals surface area contributed by atoms with Gasteiger partial charge in [-0.3, -0.25) is 19.4 Å². The van der Waals surface area contributed by atoms with Gasteiger partial charge in [0.05, 0.1) is 24.9 Å². The molecule has 1 saturated heterocycles. The van der Waals surface area contributed by atoms with E-state index in [-0.39, 0.29) is 18.5 Å². The van der Waals surface area contributed by atoms with Gasteiger partial charge < -0.3 is 9.64 Å². The standard InChI is InChI=1S/C15H19N5O2/c21-15(11-19-7-1-4-18-19)20-8-9-22-12-14(20)3-2-13-10-16-5-6-17-13/h1,4-7,10,14H,2-3,8-9,11-12H2/t14-/m0/s1. The number of morpholine rings is 1. The van der Waals surface area contributed by atoms with Crippen molar-refractivity contribution < 1.29 is 9.53 Å². The van der Waals surface area contributed by atoms with E-state index < -0.39 is 0 Å². The van der Waals surface area contributed by atoms with E-state index in [9.17, 15) is 4.79 Å². The van der Waals surface area contributed by atoms with Crippen LogP contribution in [0.1, 0.15) is 12.1 Å². The summed E-state index contributed by atoms with van der Waals surface area (Å²) in [6, 6.07) is 1.90. The zero-order chi connectivity index (χ0) is 15.2. The molecule has 1 atom stereocenters. The van der Waals surface area contributed by atoms with E-state index in [1.165, 1.54) is 0 Å². The van der Waals surface area contributed by atoms with Crippen LogP contribution < -0.4 is 0 Å². The lowest BCUT2D eigenvalue weighted by molar-refractivity contribution is -0.141. The highest BCUT2D eigenvalue weighted by Crippen LogP contribution is 2.14. The number of amides is 1. The van der Waals surface area contributed by atoms with Crippen molar-refractivity contribution in [2.24, 2.45) is 0 Å². The van der Waals surface area contributed by atoms with E-state index in [4.69, 9.17) is 4.74 Å². The van der Waals surface area contributed by atoms with Gasteiger partial charge in [-0.25, -0.2) is 0 Å². The lowest BCUT2D eigenvalue weighted by atomic mass is 10.1. The summed E-state index contributed by atoms with van der Waals surface area (Å²) in [5, 5.41) is 4.09. The molecule has 1 aliphatic heterocycles. The summed E-state index contributed by atoms with van der Waals surface area (Å²) in [4.78, 5) is 22.7. The first-order valence-corrected chi connectivity index (χ1v) is 7.42. The summed E-state index contributed by atoms with van der Waals surface area (Å²) in [5.41, 5.74) is 0.938. The maximum Gasteiger partial charge on any atom is 0.244 e. The molecular weight excluding hydrogens is 282 g/mol. The van der Waals surface area contributed by atoms with Crippen molar-refractivity contribution in [3.63, 3.8) is 0 Å². The van der Waals surface area contributed by atoms with Gasteiger partial charge in [0.15, 0.2) is 0 Å². The molecule has 0 unspecified atom stereocenters. The largest absolute Gasteiger partial charge is 0.377 e.